The highest BCUT2D eigenvalue weighted by Gasteiger charge is 2.71. The van der Waals surface area contributed by atoms with E-state index in [4.69, 9.17) is 0 Å². The molecule has 6 heteroatoms. The largest absolute Gasteiger partial charge is 0.480 e. The Morgan fingerprint density at radius 1 is 0.509 bits per heavy atom. The molecule has 0 saturated carbocycles. The van der Waals surface area contributed by atoms with Crippen LogP contribution < -0.4 is 0 Å². The molecule has 2 N–H and O–H groups in total. The predicted octanol–water partition coefficient (Wildman–Crippen LogP) is 10.3. The molecule has 0 radical (unpaired) electrons. The van der Waals surface area contributed by atoms with Gasteiger partial charge in [0.15, 0.2) is 5.41 Å². The molecule has 0 amide bonds. The standard InChI is InChI=1S/C49H62N2O4/c1-44(2)30-40(31-45(3,4)50(44)34-37-23-15-10-16-24-37)49(39-27-19-12-20-28-39,48(42(52)53,43(54)55)29-36-21-13-9-14-22-36)41-32-46(5,6)51(47(7,8)33-41)35-38-25-17-11-18-26-38/h9-28,40-41H,29-35H2,1-8H3,(H,52,53)(H,54,55). The normalized spacial score (nSPS) is 20.5. The van der Waals surface area contributed by atoms with Crippen LogP contribution in [0.5, 0.6) is 0 Å². The predicted molar refractivity (Wildman–Crippen MR) is 222 cm³/mol. The second kappa shape index (κ2) is 15.0. The average molecular weight is 743 g/mol. The van der Waals surface area contributed by atoms with Crippen LogP contribution in [0.2, 0.25) is 0 Å². The third kappa shape index (κ3) is 7.40. The Kier molecular flexibility index (Phi) is 11.0. The summed E-state index contributed by atoms with van der Waals surface area (Å²) in [6.07, 6.45) is 2.44. The van der Waals surface area contributed by atoms with Crippen LogP contribution in [0.3, 0.4) is 0 Å². The molecular weight excluding hydrogens is 681 g/mol. The van der Waals surface area contributed by atoms with Crippen molar-refractivity contribution in [2.75, 3.05) is 0 Å². The van der Waals surface area contributed by atoms with E-state index in [1.54, 1.807) is 0 Å². The van der Waals surface area contributed by atoms with E-state index < -0.39 is 44.9 Å². The molecule has 2 heterocycles. The lowest BCUT2D eigenvalue weighted by atomic mass is 9.42. The summed E-state index contributed by atoms with van der Waals surface area (Å²) >= 11 is 0. The van der Waals surface area contributed by atoms with Crippen LogP contribution in [0, 0.1) is 17.3 Å². The van der Waals surface area contributed by atoms with E-state index in [9.17, 15) is 19.8 Å². The van der Waals surface area contributed by atoms with Gasteiger partial charge in [-0.2, -0.15) is 0 Å². The number of nitrogens with zero attached hydrogens (tertiary/aromatic N) is 2. The number of hydrogen-bond acceptors (Lipinski definition) is 4. The van der Waals surface area contributed by atoms with Crippen molar-refractivity contribution in [3.63, 3.8) is 0 Å². The number of benzene rings is 4. The first-order chi connectivity index (χ1) is 25.9. The second-order valence-corrected chi connectivity index (χ2v) is 19.0. The Labute approximate surface area is 329 Å². The molecule has 0 spiro atoms. The van der Waals surface area contributed by atoms with Crippen LogP contribution in [0.1, 0.15) is 103 Å². The van der Waals surface area contributed by atoms with Gasteiger partial charge in [0.2, 0.25) is 0 Å². The first-order valence-corrected chi connectivity index (χ1v) is 20.1. The van der Waals surface area contributed by atoms with E-state index in [1.807, 2.05) is 72.8 Å². The van der Waals surface area contributed by atoms with Gasteiger partial charge < -0.3 is 10.2 Å². The van der Waals surface area contributed by atoms with Crippen LogP contribution in [-0.4, -0.2) is 54.1 Å². The molecule has 0 atom stereocenters. The number of hydrogen-bond donors (Lipinski definition) is 2. The number of carboxylic acids is 2. The van der Waals surface area contributed by atoms with Crippen molar-refractivity contribution >= 4 is 11.9 Å². The van der Waals surface area contributed by atoms with Gasteiger partial charge in [-0.3, -0.25) is 19.4 Å². The summed E-state index contributed by atoms with van der Waals surface area (Å²) in [5.74, 6) is -3.12. The molecule has 2 aliphatic heterocycles. The van der Waals surface area contributed by atoms with Crippen molar-refractivity contribution in [2.24, 2.45) is 17.3 Å². The lowest BCUT2D eigenvalue weighted by molar-refractivity contribution is -0.191. The minimum atomic E-state index is -2.19. The van der Waals surface area contributed by atoms with E-state index >= 15 is 0 Å². The fourth-order valence-corrected chi connectivity index (χ4v) is 11.8. The number of aliphatic carboxylic acids is 2. The van der Waals surface area contributed by atoms with Gasteiger partial charge in [0.25, 0.3) is 0 Å². The number of piperidine rings is 2. The number of likely N-dealkylation sites (tertiary alicyclic amines) is 2. The fraction of sp³-hybridized carbons (Fsp3) is 0.469. The smallest absolute Gasteiger partial charge is 0.322 e. The van der Waals surface area contributed by atoms with Crippen LogP contribution in [-0.2, 0) is 34.5 Å². The summed E-state index contributed by atoms with van der Waals surface area (Å²) in [4.78, 5) is 34.4. The Balaban J connectivity index is 1.62. The summed E-state index contributed by atoms with van der Waals surface area (Å²) in [7, 11) is 0. The average Bonchev–Trinajstić information content (AvgIpc) is 3.12. The lowest BCUT2D eigenvalue weighted by Gasteiger charge is -2.66. The summed E-state index contributed by atoms with van der Waals surface area (Å²) in [5, 5.41) is 23.9. The molecule has 6 rings (SSSR count). The third-order valence-corrected chi connectivity index (χ3v) is 13.6. The molecule has 292 valence electrons. The Morgan fingerprint density at radius 3 is 1.11 bits per heavy atom. The van der Waals surface area contributed by atoms with Gasteiger partial charge in [-0.05, 0) is 115 Å². The Morgan fingerprint density at radius 2 is 0.800 bits per heavy atom. The molecular formula is C49H62N2O4. The summed E-state index contributed by atoms with van der Waals surface area (Å²) in [5.41, 5.74) is -1.08. The minimum Gasteiger partial charge on any atom is -0.480 e. The van der Waals surface area contributed by atoms with Crippen LogP contribution in [0.15, 0.2) is 121 Å². The molecule has 55 heavy (non-hydrogen) atoms. The molecule has 0 aliphatic carbocycles. The van der Waals surface area contributed by atoms with Gasteiger partial charge in [0, 0.05) is 47.1 Å². The van der Waals surface area contributed by atoms with E-state index in [2.05, 4.69) is 114 Å². The molecule has 2 saturated heterocycles. The molecule has 2 aliphatic rings. The van der Waals surface area contributed by atoms with Crippen LogP contribution in [0.4, 0.5) is 0 Å². The Bertz CT molecular complexity index is 1790. The fourth-order valence-electron chi connectivity index (χ4n) is 11.8. The SMILES string of the molecule is CC1(C)CC(C(c2ccccc2)(C2CC(C)(C)N(Cc3ccccc3)C(C)(C)C2)C(Cc2ccccc2)(C(=O)O)C(=O)O)CC(C)(C)N1Cc1ccccc1. The topological polar surface area (TPSA) is 81.1 Å². The molecule has 0 aromatic heterocycles. The quantitative estimate of drug-likeness (QED) is 0.141. The summed E-state index contributed by atoms with van der Waals surface area (Å²) < 4.78 is 0. The van der Waals surface area contributed by atoms with Crippen molar-refractivity contribution in [1.82, 2.24) is 9.80 Å². The maximum Gasteiger partial charge on any atom is 0.322 e. The lowest BCUT2D eigenvalue weighted by Crippen LogP contribution is -2.72. The number of rotatable bonds is 12. The van der Waals surface area contributed by atoms with E-state index in [-0.39, 0.29) is 18.3 Å². The highest BCUT2D eigenvalue weighted by Crippen LogP contribution is 2.65. The van der Waals surface area contributed by atoms with Crippen molar-refractivity contribution in [3.8, 4) is 0 Å². The first-order valence-electron chi connectivity index (χ1n) is 20.1. The highest BCUT2D eigenvalue weighted by molar-refractivity contribution is 6.01. The zero-order chi connectivity index (χ0) is 39.9. The van der Waals surface area contributed by atoms with E-state index in [0.29, 0.717) is 31.2 Å². The Hall–Kier alpha value is -4.26. The molecule has 0 unspecified atom stereocenters. The zero-order valence-electron chi connectivity index (χ0n) is 34.3. The maximum absolute atomic E-state index is 14.6. The first kappa shape index (κ1) is 40.4. The van der Waals surface area contributed by atoms with Gasteiger partial charge in [0.1, 0.15) is 0 Å². The van der Waals surface area contributed by atoms with Crippen molar-refractivity contribution < 1.29 is 19.8 Å². The summed E-state index contributed by atoms with van der Waals surface area (Å²) in [6, 6.07) is 40.5. The maximum atomic E-state index is 14.6. The van der Waals surface area contributed by atoms with E-state index in [0.717, 1.165) is 18.7 Å². The van der Waals surface area contributed by atoms with E-state index in [1.165, 1.54) is 11.1 Å². The molecule has 4 aromatic carbocycles. The van der Waals surface area contributed by atoms with Crippen molar-refractivity contribution in [1.29, 1.82) is 0 Å². The molecule has 6 nitrogen and oxygen atoms in total. The van der Waals surface area contributed by atoms with Crippen LogP contribution >= 0.6 is 0 Å². The number of carboxylic acid groups (broad SMARTS) is 2. The highest BCUT2D eigenvalue weighted by atomic mass is 16.4. The monoisotopic (exact) mass is 742 g/mol. The molecule has 4 aromatic rings. The minimum absolute atomic E-state index is 0.121. The molecule has 0 bridgehead atoms. The van der Waals surface area contributed by atoms with Gasteiger partial charge in [-0.25, -0.2) is 0 Å². The summed E-state index contributed by atoms with van der Waals surface area (Å²) in [6.45, 7) is 19.7. The van der Waals surface area contributed by atoms with Crippen LogP contribution in [0.25, 0.3) is 0 Å². The molecule has 2 fully saturated rings. The second-order valence-electron chi connectivity index (χ2n) is 19.0. The van der Waals surface area contributed by atoms with Gasteiger partial charge in [-0.15, -0.1) is 0 Å². The number of carbonyl (C=O) groups is 2. The van der Waals surface area contributed by atoms with Crippen molar-refractivity contribution in [3.05, 3.63) is 144 Å². The third-order valence-electron chi connectivity index (χ3n) is 13.6. The van der Waals surface area contributed by atoms with Gasteiger partial charge in [0.05, 0.1) is 0 Å². The zero-order valence-corrected chi connectivity index (χ0v) is 34.3. The van der Waals surface area contributed by atoms with Crippen molar-refractivity contribution in [2.45, 2.75) is 128 Å². The van der Waals surface area contributed by atoms with Gasteiger partial charge in [-0.1, -0.05) is 121 Å². The van der Waals surface area contributed by atoms with Gasteiger partial charge >= 0.3 is 11.9 Å².